The van der Waals surface area contributed by atoms with Crippen LogP contribution in [0.3, 0.4) is 0 Å². The van der Waals surface area contributed by atoms with Gasteiger partial charge in [-0.05, 0) is 6.07 Å². The summed E-state index contributed by atoms with van der Waals surface area (Å²) in [5.74, 6) is -1.92. The average molecular weight is 290 g/mol. The fraction of sp³-hybridized carbons (Fsp3) is 0.444. The van der Waals surface area contributed by atoms with E-state index in [0.717, 1.165) is 7.11 Å². The predicted octanol–water partition coefficient (Wildman–Crippen LogP) is 2.47. The molecule has 0 radical (unpaired) electrons. The molecular formula is C9H8F6N2O2. The predicted molar refractivity (Wildman–Crippen MR) is 50.4 cm³/mol. The van der Waals surface area contributed by atoms with Gasteiger partial charge >= 0.3 is 12.5 Å². The first-order chi connectivity index (χ1) is 8.58. The number of rotatable bonds is 3. The Kier molecular flexibility index (Phi) is 4.13. The van der Waals surface area contributed by atoms with Crippen LogP contribution in [0.15, 0.2) is 6.07 Å². The molecule has 0 bridgehead atoms. The minimum Gasteiger partial charge on any atom is -0.491 e. The molecule has 0 aliphatic carbocycles. The SMILES string of the molecule is COc1c(CN)cc(C(F)(F)F)nc1OC(F)(F)F. The van der Waals surface area contributed by atoms with Crippen molar-refractivity contribution in [3.8, 4) is 11.6 Å². The zero-order valence-corrected chi connectivity index (χ0v) is 9.39. The van der Waals surface area contributed by atoms with Crippen molar-refractivity contribution in [3.63, 3.8) is 0 Å². The maximum absolute atomic E-state index is 12.5. The van der Waals surface area contributed by atoms with Gasteiger partial charge in [0, 0.05) is 12.1 Å². The number of alkyl halides is 6. The van der Waals surface area contributed by atoms with Crippen molar-refractivity contribution in [1.29, 1.82) is 0 Å². The van der Waals surface area contributed by atoms with Crippen LogP contribution in [-0.2, 0) is 12.7 Å². The van der Waals surface area contributed by atoms with Crippen molar-refractivity contribution < 1.29 is 35.8 Å². The lowest BCUT2D eigenvalue weighted by Gasteiger charge is -2.16. The Labute approximate surface area is 103 Å². The quantitative estimate of drug-likeness (QED) is 0.869. The van der Waals surface area contributed by atoms with Crippen molar-refractivity contribution in [1.82, 2.24) is 4.98 Å². The van der Waals surface area contributed by atoms with Gasteiger partial charge in [-0.2, -0.15) is 13.2 Å². The Morgan fingerprint density at radius 1 is 1.21 bits per heavy atom. The zero-order chi connectivity index (χ0) is 14.8. The second kappa shape index (κ2) is 5.11. The largest absolute Gasteiger partial charge is 0.574 e. The number of aromatic nitrogens is 1. The van der Waals surface area contributed by atoms with Gasteiger partial charge in [0.05, 0.1) is 7.11 Å². The number of hydrogen-bond acceptors (Lipinski definition) is 4. The second-order valence-corrected chi connectivity index (χ2v) is 3.25. The third-order valence-electron chi connectivity index (χ3n) is 1.95. The normalized spacial score (nSPS) is 12.4. The highest BCUT2D eigenvalue weighted by Gasteiger charge is 2.38. The van der Waals surface area contributed by atoms with E-state index in [0.29, 0.717) is 6.07 Å². The molecule has 0 amide bonds. The summed E-state index contributed by atoms with van der Waals surface area (Å²) in [5, 5.41) is 0. The van der Waals surface area contributed by atoms with E-state index in [4.69, 9.17) is 5.73 Å². The summed E-state index contributed by atoms with van der Waals surface area (Å²) in [4.78, 5) is 2.76. The number of nitrogens with two attached hydrogens (primary N) is 1. The molecule has 0 atom stereocenters. The van der Waals surface area contributed by atoms with Gasteiger partial charge in [0.1, 0.15) is 5.69 Å². The summed E-state index contributed by atoms with van der Waals surface area (Å²) in [5.41, 5.74) is 3.31. The van der Waals surface area contributed by atoms with Crippen LogP contribution in [0.5, 0.6) is 11.6 Å². The van der Waals surface area contributed by atoms with Crippen LogP contribution in [0.25, 0.3) is 0 Å². The standard InChI is InChI=1S/C9H8F6N2O2/c1-18-6-4(3-16)2-5(8(10,11)12)17-7(6)19-9(13,14)15/h2H,3,16H2,1H3. The third-order valence-corrected chi connectivity index (χ3v) is 1.95. The number of pyridine rings is 1. The van der Waals surface area contributed by atoms with Crippen LogP contribution in [0, 0.1) is 0 Å². The first-order valence-electron chi connectivity index (χ1n) is 4.69. The van der Waals surface area contributed by atoms with Gasteiger partial charge in [-0.1, -0.05) is 0 Å². The van der Waals surface area contributed by atoms with E-state index in [2.05, 4.69) is 14.5 Å². The maximum atomic E-state index is 12.5. The van der Waals surface area contributed by atoms with E-state index in [9.17, 15) is 26.3 Å². The molecule has 0 unspecified atom stereocenters. The molecule has 0 saturated heterocycles. The average Bonchev–Trinajstić information content (AvgIpc) is 2.24. The summed E-state index contributed by atoms with van der Waals surface area (Å²) in [6, 6.07) is 0.502. The summed E-state index contributed by atoms with van der Waals surface area (Å²) in [6.07, 6.45) is -10.1. The van der Waals surface area contributed by atoms with Crippen LogP contribution in [0.1, 0.15) is 11.3 Å². The fourth-order valence-corrected chi connectivity index (χ4v) is 1.25. The zero-order valence-electron chi connectivity index (χ0n) is 9.39. The molecule has 0 aliphatic heterocycles. The lowest BCUT2D eigenvalue weighted by atomic mass is 10.2. The van der Waals surface area contributed by atoms with Gasteiger partial charge in [0.15, 0.2) is 5.75 Å². The highest BCUT2D eigenvalue weighted by Crippen LogP contribution is 2.38. The molecule has 0 fully saturated rings. The van der Waals surface area contributed by atoms with Gasteiger partial charge in [-0.3, -0.25) is 0 Å². The van der Waals surface area contributed by atoms with Crippen LogP contribution in [0.2, 0.25) is 0 Å². The molecule has 4 nitrogen and oxygen atoms in total. The number of methoxy groups -OCH3 is 1. The Bertz CT molecular complexity index is 457. The highest BCUT2D eigenvalue weighted by atomic mass is 19.4. The van der Waals surface area contributed by atoms with Crippen LogP contribution >= 0.6 is 0 Å². The number of halogens is 6. The Morgan fingerprint density at radius 3 is 2.16 bits per heavy atom. The van der Waals surface area contributed by atoms with E-state index in [-0.39, 0.29) is 5.56 Å². The summed E-state index contributed by atoms with van der Waals surface area (Å²) < 4.78 is 81.6. The Morgan fingerprint density at radius 2 is 1.79 bits per heavy atom. The second-order valence-electron chi connectivity index (χ2n) is 3.25. The van der Waals surface area contributed by atoms with Crippen molar-refractivity contribution >= 4 is 0 Å². The summed E-state index contributed by atoms with van der Waals surface area (Å²) in [6.45, 7) is -0.469. The molecular weight excluding hydrogens is 282 g/mol. The minimum absolute atomic E-state index is 0.302. The van der Waals surface area contributed by atoms with Gasteiger partial charge in [0.2, 0.25) is 0 Å². The topological polar surface area (TPSA) is 57.4 Å². The molecule has 1 heterocycles. The van der Waals surface area contributed by atoms with E-state index in [1.54, 1.807) is 0 Å². The fourth-order valence-electron chi connectivity index (χ4n) is 1.25. The van der Waals surface area contributed by atoms with Crippen molar-refractivity contribution in [2.75, 3.05) is 7.11 Å². The summed E-state index contributed by atoms with van der Waals surface area (Å²) in [7, 11) is 0.965. The van der Waals surface area contributed by atoms with Gasteiger partial charge in [0.25, 0.3) is 5.88 Å². The Balaban J connectivity index is 3.40. The smallest absolute Gasteiger partial charge is 0.491 e. The number of nitrogens with zero attached hydrogens (tertiary/aromatic N) is 1. The van der Waals surface area contributed by atoms with Gasteiger partial charge in [-0.25, -0.2) is 4.98 Å². The van der Waals surface area contributed by atoms with Crippen LogP contribution in [0.4, 0.5) is 26.3 Å². The van der Waals surface area contributed by atoms with Crippen molar-refractivity contribution in [3.05, 3.63) is 17.3 Å². The first kappa shape index (κ1) is 15.3. The van der Waals surface area contributed by atoms with Crippen LogP contribution < -0.4 is 15.2 Å². The lowest BCUT2D eigenvalue weighted by molar-refractivity contribution is -0.277. The Hall–Kier alpha value is -1.71. The minimum atomic E-state index is -5.20. The molecule has 108 valence electrons. The van der Waals surface area contributed by atoms with Crippen molar-refractivity contribution in [2.24, 2.45) is 5.73 Å². The first-order valence-corrected chi connectivity index (χ1v) is 4.69. The van der Waals surface area contributed by atoms with E-state index >= 15 is 0 Å². The molecule has 0 spiro atoms. The third kappa shape index (κ3) is 3.88. The van der Waals surface area contributed by atoms with E-state index < -0.39 is 36.4 Å². The molecule has 0 saturated carbocycles. The maximum Gasteiger partial charge on any atom is 0.574 e. The molecule has 19 heavy (non-hydrogen) atoms. The summed E-state index contributed by atoms with van der Waals surface area (Å²) >= 11 is 0. The molecule has 1 rings (SSSR count). The highest BCUT2D eigenvalue weighted by molar-refractivity contribution is 5.44. The van der Waals surface area contributed by atoms with Gasteiger partial charge < -0.3 is 15.2 Å². The van der Waals surface area contributed by atoms with Gasteiger partial charge in [-0.15, -0.1) is 13.2 Å². The number of ether oxygens (including phenoxy) is 2. The van der Waals surface area contributed by atoms with E-state index in [1.807, 2.05) is 0 Å². The van der Waals surface area contributed by atoms with Crippen molar-refractivity contribution in [2.45, 2.75) is 19.1 Å². The van der Waals surface area contributed by atoms with Crippen LogP contribution in [-0.4, -0.2) is 18.5 Å². The van der Waals surface area contributed by atoms with E-state index in [1.165, 1.54) is 0 Å². The monoisotopic (exact) mass is 290 g/mol. The molecule has 2 N–H and O–H groups in total. The lowest BCUT2D eigenvalue weighted by Crippen LogP contribution is -2.21. The number of hydrogen-bond donors (Lipinski definition) is 1. The molecule has 0 aliphatic rings. The molecule has 1 aromatic heterocycles. The molecule has 10 heteroatoms. The molecule has 0 aromatic carbocycles. The molecule has 1 aromatic rings.